The van der Waals surface area contributed by atoms with Crippen molar-refractivity contribution in [2.24, 2.45) is 0 Å². The Hall–Kier alpha value is -0.910. The van der Waals surface area contributed by atoms with Crippen LogP contribution in [0.2, 0.25) is 0 Å². The number of hydrogen-bond donors (Lipinski definition) is 3. The van der Waals surface area contributed by atoms with Crippen molar-refractivity contribution in [2.45, 2.75) is 147 Å². The van der Waals surface area contributed by atoms with Crippen molar-refractivity contribution in [3.63, 3.8) is 0 Å². The maximum absolute atomic E-state index is 11.2. The minimum absolute atomic E-state index is 0.253. The Bertz CT molecular complexity index is 465. The van der Waals surface area contributed by atoms with Crippen molar-refractivity contribution in [1.82, 2.24) is 0 Å². The van der Waals surface area contributed by atoms with Gasteiger partial charge in [0, 0.05) is 18.9 Å². The van der Waals surface area contributed by atoms with Crippen molar-refractivity contribution in [2.75, 3.05) is 0 Å². The fourth-order valence-electron chi connectivity index (χ4n) is 4.29. The standard InChI is InChI=1S/C26H48O5/c1-2-3-4-5-6-7-8-9-10-11-12-13-15-22(27)18-19-23(28)20-24(29)21-25-16-14-17-26(30)31-25/h14,17,22-25,27-29H,2-13,15-16,18-21H2,1H3/t22-,23-,24-,25-/m0/s1. The highest BCUT2D eigenvalue weighted by atomic mass is 16.5. The van der Waals surface area contributed by atoms with Crippen LogP contribution in [0, 0.1) is 0 Å². The van der Waals surface area contributed by atoms with Crippen LogP contribution in [0.5, 0.6) is 0 Å². The molecule has 1 aliphatic heterocycles. The van der Waals surface area contributed by atoms with Crippen molar-refractivity contribution < 1.29 is 24.9 Å². The van der Waals surface area contributed by atoms with Gasteiger partial charge in [-0.3, -0.25) is 0 Å². The molecule has 0 aliphatic carbocycles. The molecule has 0 aromatic carbocycles. The van der Waals surface area contributed by atoms with Gasteiger partial charge in [0.05, 0.1) is 18.3 Å². The van der Waals surface area contributed by atoms with E-state index in [2.05, 4.69) is 6.92 Å². The number of rotatable bonds is 20. The average molecular weight is 441 g/mol. The maximum Gasteiger partial charge on any atom is 0.330 e. The number of cyclic esters (lactones) is 1. The van der Waals surface area contributed by atoms with Crippen LogP contribution in [0.3, 0.4) is 0 Å². The highest BCUT2D eigenvalue weighted by Crippen LogP contribution is 2.18. The van der Waals surface area contributed by atoms with E-state index >= 15 is 0 Å². The first-order valence-corrected chi connectivity index (χ1v) is 12.9. The summed E-state index contributed by atoms with van der Waals surface area (Å²) in [5.41, 5.74) is 0. The topological polar surface area (TPSA) is 87.0 Å². The summed E-state index contributed by atoms with van der Waals surface area (Å²) in [6.45, 7) is 2.26. The van der Waals surface area contributed by atoms with Gasteiger partial charge < -0.3 is 20.1 Å². The Morgan fingerprint density at radius 1 is 0.806 bits per heavy atom. The van der Waals surface area contributed by atoms with Gasteiger partial charge in [-0.25, -0.2) is 4.79 Å². The predicted molar refractivity (Wildman–Crippen MR) is 126 cm³/mol. The number of aliphatic hydroxyl groups is 3. The second kappa shape index (κ2) is 18.6. The van der Waals surface area contributed by atoms with Crippen LogP contribution in [0.4, 0.5) is 0 Å². The molecule has 0 radical (unpaired) electrons. The molecule has 0 spiro atoms. The third-order valence-corrected chi connectivity index (χ3v) is 6.24. The first-order chi connectivity index (χ1) is 15.0. The molecule has 0 fully saturated rings. The van der Waals surface area contributed by atoms with E-state index in [0.29, 0.717) is 25.7 Å². The lowest BCUT2D eigenvalue weighted by molar-refractivity contribution is -0.145. The zero-order valence-electron chi connectivity index (χ0n) is 19.9. The van der Waals surface area contributed by atoms with Crippen molar-refractivity contribution in [1.29, 1.82) is 0 Å². The van der Waals surface area contributed by atoms with Gasteiger partial charge in [0.1, 0.15) is 6.10 Å². The van der Waals surface area contributed by atoms with Crippen LogP contribution in [0.1, 0.15) is 122 Å². The smallest absolute Gasteiger partial charge is 0.330 e. The molecule has 3 N–H and O–H groups in total. The molecule has 5 heteroatoms. The lowest BCUT2D eigenvalue weighted by Gasteiger charge is -2.23. The van der Waals surface area contributed by atoms with Crippen LogP contribution in [0.15, 0.2) is 12.2 Å². The van der Waals surface area contributed by atoms with Gasteiger partial charge in [-0.05, 0) is 25.7 Å². The van der Waals surface area contributed by atoms with Gasteiger partial charge in [-0.1, -0.05) is 90.0 Å². The molecular formula is C26H48O5. The van der Waals surface area contributed by atoms with Gasteiger partial charge in [0.25, 0.3) is 0 Å². The van der Waals surface area contributed by atoms with E-state index in [1.165, 1.54) is 76.7 Å². The fraction of sp³-hybridized carbons (Fsp3) is 0.885. The first-order valence-electron chi connectivity index (χ1n) is 12.9. The molecule has 0 amide bonds. The summed E-state index contributed by atoms with van der Waals surface area (Å²) in [4.78, 5) is 11.2. The molecule has 1 aliphatic rings. The lowest BCUT2D eigenvalue weighted by Crippen LogP contribution is -2.28. The highest BCUT2D eigenvalue weighted by Gasteiger charge is 2.22. The predicted octanol–water partition coefficient (Wildman–Crippen LogP) is 5.59. The van der Waals surface area contributed by atoms with Gasteiger partial charge in [0.15, 0.2) is 0 Å². The molecule has 0 bridgehead atoms. The van der Waals surface area contributed by atoms with Crippen molar-refractivity contribution in [3.05, 3.63) is 12.2 Å². The molecular weight excluding hydrogens is 392 g/mol. The Morgan fingerprint density at radius 2 is 1.35 bits per heavy atom. The van der Waals surface area contributed by atoms with Crippen LogP contribution >= 0.6 is 0 Å². The van der Waals surface area contributed by atoms with E-state index in [-0.39, 0.29) is 24.6 Å². The molecule has 1 rings (SSSR count). The first kappa shape index (κ1) is 28.1. The van der Waals surface area contributed by atoms with Gasteiger partial charge in [-0.2, -0.15) is 0 Å². The number of aliphatic hydroxyl groups excluding tert-OH is 3. The lowest BCUT2D eigenvalue weighted by atomic mass is 9.98. The van der Waals surface area contributed by atoms with E-state index in [1.54, 1.807) is 6.08 Å². The molecule has 0 aromatic heterocycles. The molecule has 0 aromatic rings. The quantitative estimate of drug-likeness (QED) is 0.170. The number of unbranched alkanes of at least 4 members (excludes halogenated alkanes) is 11. The van der Waals surface area contributed by atoms with Gasteiger partial charge in [-0.15, -0.1) is 0 Å². The van der Waals surface area contributed by atoms with E-state index in [4.69, 9.17) is 4.74 Å². The highest BCUT2D eigenvalue weighted by molar-refractivity contribution is 5.82. The Kier molecular flexibility index (Phi) is 16.9. The molecule has 4 atom stereocenters. The Morgan fingerprint density at radius 3 is 1.94 bits per heavy atom. The summed E-state index contributed by atoms with van der Waals surface area (Å²) in [7, 11) is 0. The number of esters is 1. The zero-order valence-corrected chi connectivity index (χ0v) is 19.9. The van der Waals surface area contributed by atoms with Crippen LogP contribution in [-0.4, -0.2) is 45.7 Å². The largest absolute Gasteiger partial charge is 0.459 e. The monoisotopic (exact) mass is 440 g/mol. The summed E-state index contributed by atoms with van der Waals surface area (Å²) < 4.78 is 5.14. The summed E-state index contributed by atoms with van der Waals surface area (Å²) in [6.07, 6.45) is 19.9. The molecule has 0 unspecified atom stereocenters. The van der Waals surface area contributed by atoms with Gasteiger partial charge in [0.2, 0.25) is 0 Å². The van der Waals surface area contributed by atoms with Gasteiger partial charge >= 0.3 is 5.97 Å². The van der Waals surface area contributed by atoms with E-state index in [1.807, 2.05) is 0 Å². The summed E-state index contributed by atoms with van der Waals surface area (Å²) >= 11 is 0. The minimum Gasteiger partial charge on any atom is -0.459 e. The van der Waals surface area contributed by atoms with E-state index in [0.717, 1.165) is 12.8 Å². The summed E-state index contributed by atoms with van der Waals surface area (Å²) in [6, 6.07) is 0. The molecule has 1 heterocycles. The number of hydrogen-bond acceptors (Lipinski definition) is 5. The fourth-order valence-corrected chi connectivity index (χ4v) is 4.29. The van der Waals surface area contributed by atoms with Crippen molar-refractivity contribution in [3.8, 4) is 0 Å². The number of carbonyl (C=O) groups excluding carboxylic acids is 1. The maximum atomic E-state index is 11.2. The van der Waals surface area contributed by atoms with Crippen LogP contribution in [-0.2, 0) is 9.53 Å². The molecule has 182 valence electrons. The summed E-state index contributed by atoms with van der Waals surface area (Å²) in [5, 5.41) is 30.4. The van der Waals surface area contributed by atoms with E-state index < -0.39 is 12.2 Å². The van der Waals surface area contributed by atoms with E-state index in [9.17, 15) is 20.1 Å². The number of ether oxygens (including phenoxy) is 1. The molecule has 0 saturated heterocycles. The number of carbonyl (C=O) groups is 1. The van der Waals surface area contributed by atoms with Crippen LogP contribution < -0.4 is 0 Å². The average Bonchev–Trinajstić information content (AvgIpc) is 2.73. The third-order valence-electron chi connectivity index (χ3n) is 6.24. The normalized spacial score (nSPS) is 19.2. The van der Waals surface area contributed by atoms with Crippen LogP contribution in [0.25, 0.3) is 0 Å². The SMILES string of the molecule is CCCCCCCCCCCCCC[C@H](O)CC[C@H](O)C[C@H](O)C[C@@H]1CC=CC(=O)O1. The van der Waals surface area contributed by atoms with Crippen molar-refractivity contribution >= 4 is 5.97 Å². The molecule has 5 nitrogen and oxygen atoms in total. The Balaban J connectivity index is 1.91. The minimum atomic E-state index is -0.701. The Labute approximate surface area is 190 Å². The zero-order chi connectivity index (χ0) is 22.7. The molecule has 31 heavy (non-hydrogen) atoms. The second-order valence-corrected chi connectivity index (χ2v) is 9.38. The second-order valence-electron chi connectivity index (χ2n) is 9.38. The summed E-state index contributed by atoms with van der Waals surface area (Å²) in [5.74, 6) is -0.370. The third kappa shape index (κ3) is 16.4. The molecule has 0 saturated carbocycles.